The van der Waals surface area contributed by atoms with Crippen LogP contribution in [0.2, 0.25) is 0 Å². The molecule has 1 aromatic rings. The number of rotatable bonds is 2. The lowest BCUT2D eigenvalue weighted by atomic mass is 10.3. The molecule has 3 nitrogen and oxygen atoms in total. The SMILES string of the molecule is COc1ccnc([C@@H]2CO2)c1. The van der Waals surface area contributed by atoms with Crippen LogP contribution in [0.1, 0.15) is 11.8 Å². The molecule has 1 aromatic heterocycles. The summed E-state index contributed by atoms with van der Waals surface area (Å²) < 4.78 is 10.1. The Hall–Kier alpha value is -1.09. The van der Waals surface area contributed by atoms with Crippen LogP contribution in [0.15, 0.2) is 18.3 Å². The van der Waals surface area contributed by atoms with Gasteiger partial charge in [0.2, 0.25) is 0 Å². The molecule has 0 aromatic carbocycles. The molecule has 1 atom stereocenters. The van der Waals surface area contributed by atoms with Crippen molar-refractivity contribution in [1.29, 1.82) is 0 Å². The van der Waals surface area contributed by atoms with E-state index in [0.717, 1.165) is 18.1 Å². The number of methoxy groups -OCH3 is 1. The smallest absolute Gasteiger partial charge is 0.123 e. The highest BCUT2D eigenvalue weighted by Gasteiger charge is 2.26. The fourth-order valence-electron chi connectivity index (χ4n) is 0.950. The molecule has 1 aliphatic heterocycles. The normalized spacial score (nSPS) is 21.4. The zero-order valence-electron chi connectivity index (χ0n) is 6.28. The predicted molar refractivity (Wildman–Crippen MR) is 39.5 cm³/mol. The number of ether oxygens (including phenoxy) is 2. The second-order valence-corrected chi connectivity index (χ2v) is 2.44. The van der Waals surface area contributed by atoms with Gasteiger partial charge >= 0.3 is 0 Å². The third-order valence-corrected chi connectivity index (χ3v) is 1.65. The van der Waals surface area contributed by atoms with E-state index in [0.29, 0.717) is 0 Å². The Morgan fingerprint density at radius 3 is 3.18 bits per heavy atom. The van der Waals surface area contributed by atoms with Gasteiger partial charge in [0, 0.05) is 12.3 Å². The monoisotopic (exact) mass is 151 g/mol. The molecule has 3 heteroatoms. The lowest BCUT2D eigenvalue weighted by Gasteiger charge is -1.99. The van der Waals surface area contributed by atoms with Crippen LogP contribution in [0.3, 0.4) is 0 Å². The molecule has 0 unspecified atom stereocenters. The minimum Gasteiger partial charge on any atom is -0.497 e. The fourth-order valence-corrected chi connectivity index (χ4v) is 0.950. The third kappa shape index (κ3) is 1.33. The van der Waals surface area contributed by atoms with Gasteiger partial charge < -0.3 is 9.47 Å². The maximum absolute atomic E-state index is 5.08. The van der Waals surface area contributed by atoms with E-state index in [9.17, 15) is 0 Å². The third-order valence-electron chi connectivity index (χ3n) is 1.65. The van der Waals surface area contributed by atoms with Gasteiger partial charge in [-0.3, -0.25) is 4.98 Å². The van der Waals surface area contributed by atoms with Gasteiger partial charge in [-0.25, -0.2) is 0 Å². The quantitative estimate of drug-likeness (QED) is 0.595. The van der Waals surface area contributed by atoms with E-state index in [1.165, 1.54) is 0 Å². The van der Waals surface area contributed by atoms with Crippen molar-refractivity contribution >= 4 is 0 Å². The van der Waals surface area contributed by atoms with Crippen LogP contribution in [-0.2, 0) is 4.74 Å². The van der Waals surface area contributed by atoms with Crippen LogP contribution in [0.5, 0.6) is 5.75 Å². The summed E-state index contributed by atoms with van der Waals surface area (Å²) in [6.07, 6.45) is 1.95. The summed E-state index contributed by atoms with van der Waals surface area (Å²) in [4.78, 5) is 4.14. The van der Waals surface area contributed by atoms with Gasteiger partial charge in [-0.15, -0.1) is 0 Å². The van der Waals surface area contributed by atoms with Crippen molar-refractivity contribution in [3.8, 4) is 5.75 Å². The summed E-state index contributed by atoms with van der Waals surface area (Å²) in [7, 11) is 1.65. The molecule has 11 heavy (non-hydrogen) atoms. The van der Waals surface area contributed by atoms with Gasteiger partial charge in [-0.2, -0.15) is 0 Å². The molecule has 2 rings (SSSR count). The number of aromatic nitrogens is 1. The standard InChI is InChI=1S/C8H9NO2/c1-10-6-2-3-9-7(4-6)8-5-11-8/h2-4,8H,5H2,1H3/t8-/m0/s1. The summed E-state index contributed by atoms with van der Waals surface area (Å²) in [5.41, 5.74) is 0.962. The van der Waals surface area contributed by atoms with E-state index in [2.05, 4.69) is 4.98 Å². The van der Waals surface area contributed by atoms with Crippen molar-refractivity contribution in [2.45, 2.75) is 6.10 Å². The van der Waals surface area contributed by atoms with Gasteiger partial charge in [0.05, 0.1) is 19.4 Å². The molecule has 1 saturated heterocycles. The zero-order valence-corrected chi connectivity index (χ0v) is 6.28. The first-order valence-electron chi connectivity index (χ1n) is 3.51. The average molecular weight is 151 g/mol. The minimum absolute atomic E-state index is 0.213. The van der Waals surface area contributed by atoms with Gasteiger partial charge in [-0.05, 0) is 6.07 Å². The molecule has 0 saturated carbocycles. The summed E-state index contributed by atoms with van der Waals surface area (Å²) in [5, 5.41) is 0. The van der Waals surface area contributed by atoms with Crippen LogP contribution in [0.4, 0.5) is 0 Å². The Kier molecular flexibility index (Phi) is 1.51. The Bertz CT molecular complexity index is 258. The maximum Gasteiger partial charge on any atom is 0.123 e. The van der Waals surface area contributed by atoms with E-state index in [-0.39, 0.29) is 6.10 Å². The molecule has 0 amide bonds. The van der Waals surface area contributed by atoms with Crippen LogP contribution in [0.25, 0.3) is 0 Å². The molecule has 0 N–H and O–H groups in total. The lowest BCUT2D eigenvalue weighted by Crippen LogP contribution is -1.88. The van der Waals surface area contributed by atoms with E-state index in [1.54, 1.807) is 13.3 Å². The van der Waals surface area contributed by atoms with E-state index < -0.39 is 0 Å². The summed E-state index contributed by atoms with van der Waals surface area (Å²) in [5.74, 6) is 0.838. The molecule has 1 fully saturated rings. The second-order valence-electron chi connectivity index (χ2n) is 2.44. The topological polar surface area (TPSA) is 34.6 Å². The highest BCUT2D eigenvalue weighted by molar-refractivity contribution is 5.24. The molecule has 58 valence electrons. The average Bonchev–Trinajstić information content (AvgIpc) is 2.87. The van der Waals surface area contributed by atoms with Crippen molar-refractivity contribution < 1.29 is 9.47 Å². The largest absolute Gasteiger partial charge is 0.497 e. The van der Waals surface area contributed by atoms with Gasteiger partial charge in [-0.1, -0.05) is 0 Å². The summed E-state index contributed by atoms with van der Waals surface area (Å²) in [6, 6.07) is 3.73. The Morgan fingerprint density at radius 2 is 2.55 bits per heavy atom. The Balaban J connectivity index is 2.26. The minimum atomic E-state index is 0.213. The number of epoxide rings is 1. The van der Waals surface area contributed by atoms with Crippen molar-refractivity contribution in [2.75, 3.05) is 13.7 Å². The Labute approximate surface area is 65.0 Å². The molecular weight excluding hydrogens is 142 g/mol. The van der Waals surface area contributed by atoms with Crippen molar-refractivity contribution in [1.82, 2.24) is 4.98 Å². The lowest BCUT2D eigenvalue weighted by molar-refractivity contribution is 0.400. The molecule has 2 heterocycles. The van der Waals surface area contributed by atoms with E-state index >= 15 is 0 Å². The highest BCUT2D eigenvalue weighted by atomic mass is 16.6. The second kappa shape index (κ2) is 2.51. The summed E-state index contributed by atoms with van der Waals surface area (Å²) in [6.45, 7) is 0.792. The van der Waals surface area contributed by atoms with E-state index in [1.807, 2.05) is 12.1 Å². The van der Waals surface area contributed by atoms with Gasteiger partial charge in [0.15, 0.2) is 0 Å². The number of nitrogens with zero attached hydrogens (tertiary/aromatic N) is 1. The van der Waals surface area contributed by atoms with Crippen LogP contribution < -0.4 is 4.74 Å². The van der Waals surface area contributed by atoms with Crippen LogP contribution in [0, 0.1) is 0 Å². The first kappa shape index (κ1) is 6.61. The zero-order chi connectivity index (χ0) is 7.68. The van der Waals surface area contributed by atoms with Crippen LogP contribution >= 0.6 is 0 Å². The first-order chi connectivity index (χ1) is 5.40. The fraction of sp³-hybridized carbons (Fsp3) is 0.375. The van der Waals surface area contributed by atoms with Crippen LogP contribution in [-0.4, -0.2) is 18.7 Å². The molecule has 0 radical (unpaired) electrons. The molecular formula is C8H9NO2. The van der Waals surface area contributed by atoms with Crippen molar-refractivity contribution in [3.05, 3.63) is 24.0 Å². The highest BCUT2D eigenvalue weighted by Crippen LogP contribution is 2.29. The number of pyridine rings is 1. The maximum atomic E-state index is 5.08. The molecule has 0 aliphatic carbocycles. The van der Waals surface area contributed by atoms with Crippen molar-refractivity contribution in [3.63, 3.8) is 0 Å². The summed E-state index contributed by atoms with van der Waals surface area (Å²) >= 11 is 0. The van der Waals surface area contributed by atoms with E-state index in [4.69, 9.17) is 9.47 Å². The first-order valence-corrected chi connectivity index (χ1v) is 3.51. The number of hydrogen-bond donors (Lipinski definition) is 0. The molecule has 1 aliphatic rings. The Morgan fingerprint density at radius 1 is 1.73 bits per heavy atom. The predicted octanol–water partition coefficient (Wildman–Crippen LogP) is 1.16. The molecule has 0 spiro atoms. The number of hydrogen-bond acceptors (Lipinski definition) is 3. The molecule has 0 bridgehead atoms. The van der Waals surface area contributed by atoms with Gasteiger partial charge in [0.25, 0.3) is 0 Å². The van der Waals surface area contributed by atoms with Gasteiger partial charge in [0.1, 0.15) is 11.9 Å². The van der Waals surface area contributed by atoms with Crippen molar-refractivity contribution in [2.24, 2.45) is 0 Å².